The maximum Gasteiger partial charge on any atom is 0.134 e. The minimum atomic E-state index is 0.206. The van der Waals surface area contributed by atoms with Crippen molar-refractivity contribution >= 4 is 11.0 Å². The largest absolute Gasteiger partial charge is 0.469 e. The molecule has 1 N–H and O–H groups in total. The van der Waals surface area contributed by atoms with Gasteiger partial charge < -0.3 is 14.2 Å². The lowest BCUT2D eigenvalue weighted by molar-refractivity contribution is 0.414. The third-order valence-electron chi connectivity index (χ3n) is 3.40. The highest BCUT2D eigenvalue weighted by atomic mass is 16.3. The van der Waals surface area contributed by atoms with Gasteiger partial charge in [0.05, 0.1) is 12.3 Å². The van der Waals surface area contributed by atoms with E-state index in [0.717, 1.165) is 35.3 Å². The number of benzene rings is 1. The SMILES string of the molecule is CNC(CCc1ccco1)c1cc2ccccc2o1. The van der Waals surface area contributed by atoms with Gasteiger partial charge in [-0.3, -0.25) is 0 Å². The van der Waals surface area contributed by atoms with Gasteiger partial charge in [0.15, 0.2) is 0 Å². The van der Waals surface area contributed by atoms with E-state index >= 15 is 0 Å². The van der Waals surface area contributed by atoms with Crippen molar-refractivity contribution in [2.24, 2.45) is 0 Å². The molecule has 0 aliphatic heterocycles. The fraction of sp³-hybridized carbons (Fsp3) is 0.250. The molecule has 0 radical (unpaired) electrons. The Morgan fingerprint density at radius 2 is 2.05 bits per heavy atom. The van der Waals surface area contributed by atoms with Crippen molar-refractivity contribution in [2.75, 3.05) is 7.05 Å². The molecule has 98 valence electrons. The van der Waals surface area contributed by atoms with E-state index in [1.165, 1.54) is 0 Å². The molecule has 0 amide bonds. The molecule has 0 saturated carbocycles. The number of furan rings is 2. The van der Waals surface area contributed by atoms with Crippen molar-refractivity contribution in [3.8, 4) is 0 Å². The smallest absolute Gasteiger partial charge is 0.134 e. The summed E-state index contributed by atoms with van der Waals surface area (Å²) in [5.41, 5.74) is 0.941. The number of hydrogen-bond donors (Lipinski definition) is 1. The fourth-order valence-corrected chi connectivity index (χ4v) is 2.34. The van der Waals surface area contributed by atoms with Crippen LogP contribution in [0.15, 0.2) is 57.6 Å². The summed E-state index contributed by atoms with van der Waals surface area (Å²) < 4.78 is 11.3. The lowest BCUT2D eigenvalue weighted by Gasteiger charge is -2.12. The molecule has 0 bridgehead atoms. The molecule has 0 spiro atoms. The number of para-hydroxylation sites is 1. The highest BCUT2D eigenvalue weighted by Gasteiger charge is 2.15. The van der Waals surface area contributed by atoms with Crippen LogP contribution in [0, 0.1) is 0 Å². The number of aryl methyl sites for hydroxylation is 1. The van der Waals surface area contributed by atoms with Crippen LogP contribution in [0.3, 0.4) is 0 Å². The van der Waals surface area contributed by atoms with Crippen molar-refractivity contribution in [3.05, 3.63) is 60.2 Å². The first-order valence-corrected chi connectivity index (χ1v) is 6.55. The minimum Gasteiger partial charge on any atom is -0.469 e. The molecule has 2 heterocycles. The van der Waals surface area contributed by atoms with E-state index in [1.54, 1.807) is 6.26 Å². The van der Waals surface area contributed by atoms with Crippen LogP contribution < -0.4 is 5.32 Å². The van der Waals surface area contributed by atoms with E-state index in [0.29, 0.717) is 0 Å². The molecule has 3 nitrogen and oxygen atoms in total. The lowest BCUT2D eigenvalue weighted by atomic mass is 10.1. The summed E-state index contributed by atoms with van der Waals surface area (Å²) in [6.45, 7) is 0. The van der Waals surface area contributed by atoms with Crippen LogP contribution in [0.2, 0.25) is 0 Å². The van der Waals surface area contributed by atoms with Crippen molar-refractivity contribution < 1.29 is 8.83 Å². The Morgan fingerprint density at radius 3 is 2.79 bits per heavy atom. The number of nitrogens with one attached hydrogen (secondary N) is 1. The number of fused-ring (bicyclic) bond motifs is 1. The van der Waals surface area contributed by atoms with Crippen LogP contribution in [0.4, 0.5) is 0 Å². The fourth-order valence-electron chi connectivity index (χ4n) is 2.34. The third-order valence-corrected chi connectivity index (χ3v) is 3.40. The van der Waals surface area contributed by atoms with Gasteiger partial charge in [-0.2, -0.15) is 0 Å². The first-order valence-electron chi connectivity index (χ1n) is 6.55. The molecule has 0 aliphatic carbocycles. The van der Waals surface area contributed by atoms with Gasteiger partial charge in [-0.15, -0.1) is 0 Å². The van der Waals surface area contributed by atoms with E-state index in [9.17, 15) is 0 Å². The molecule has 1 unspecified atom stereocenters. The van der Waals surface area contributed by atoms with E-state index in [2.05, 4.69) is 17.4 Å². The molecule has 3 rings (SSSR count). The summed E-state index contributed by atoms with van der Waals surface area (Å²) in [6, 6.07) is 14.3. The molecule has 0 aliphatic rings. The monoisotopic (exact) mass is 255 g/mol. The van der Waals surface area contributed by atoms with Crippen molar-refractivity contribution in [1.29, 1.82) is 0 Å². The summed E-state index contributed by atoms with van der Waals surface area (Å²) in [5.74, 6) is 1.99. The zero-order valence-electron chi connectivity index (χ0n) is 10.9. The van der Waals surface area contributed by atoms with Crippen LogP contribution in [0.5, 0.6) is 0 Å². The predicted molar refractivity (Wildman–Crippen MR) is 75.0 cm³/mol. The molecule has 19 heavy (non-hydrogen) atoms. The lowest BCUT2D eigenvalue weighted by Crippen LogP contribution is -2.16. The number of hydrogen-bond acceptors (Lipinski definition) is 3. The summed E-state index contributed by atoms with van der Waals surface area (Å²) in [6.07, 6.45) is 3.56. The van der Waals surface area contributed by atoms with Crippen LogP contribution in [0.25, 0.3) is 11.0 Å². The summed E-state index contributed by atoms with van der Waals surface area (Å²) >= 11 is 0. The van der Waals surface area contributed by atoms with Gasteiger partial charge in [0.25, 0.3) is 0 Å². The summed E-state index contributed by atoms with van der Waals surface area (Å²) in [5, 5.41) is 4.46. The molecule has 3 heteroatoms. The Morgan fingerprint density at radius 1 is 1.16 bits per heavy atom. The molecule has 1 atom stereocenters. The average Bonchev–Trinajstić information content (AvgIpc) is 3.08. The summed E-state index contributed by atoms with van der Waals surface area (Å²) in [4.78, 5) is 0. The Bertz CT molecular complexity index is 607. The first-order chi connectivity index (χ1) is 9.36. The van der Waals surface area contributed by atoms with Gasteiger partial charge in [-0.1, -0.05) is 18.2 Å². The minimum absolute atomic E-state index is 0.206. The standard InChI is InChI=1S/C16H17NO2/c1-17-14(9-8-13-6-4-10-18-13)16-11-12-5-2-3-7-15(12)19-16/h2-7,10-11,14,17H,8-9H2,1H3. The Hall–Kier alpha value is -2.00. The Kier molecular flexibility index (Phi) is 3.38. The first kappa shape index (κ1) is 12.1. The van der Waals surface area contributed by atoms with E-state index < -0.39 is 0 Å². The van der Waals surface area contributed by atoms with Crippen molar-refractivity contribution in [1.82, 2.24) is 5.32 Å². The zero-order chi connectivity index (χ0) is 13.1. The van der Waals surface area contributed by atoms with E-state index in [4.69, 9.17) is 8.83 Å². The molecular weight excluding hydrogens is 238 g/mol. The summed E-state index contributed by atoms with van der Waals surface area (Å²) in [7, 11) is 1.96. The highest BCUT2D eigenvalue weighted by Crippen LogP contribution is 2.26. The van der Waals surface area contributed by atoms with Crippen molar-refractivity contribution in [2.45, 2.75) is 18.9 Å². The average molecular weight is 255 g/mol. The molecule has 1 aromatic carbocycles. The maximum absolute atomic E-state index is 5.90. The third kappa shape index (κ3) is 2.56. The van der Waals surface area contributed by atoms with E-state index in [-0.39, 0.29) is 6.04 Å². The van der Waals surface area contributed by atoms with Gasteiger partial charge in [0, 0.05) is 11.8 Å². The second-order valence-corrected chi connectivity index (χ2v) is 4.65. The van der Waals surface area contributed by atoms with Crippen LogP contribution >= 0.6 is 0 Å². The van der Waals surface area contributed by atoms with Crippen LogP contribution in [-0.4, -0.2) is 7.05 Å². The second kappa shape index (κ2) is 5.33. The quantitative estimate of drug-likeness (QED) is 0.751. The Labute approximate surface area is 112 Å². The highest BCUT2D eigenvalue weighted by molar-refractivity contribution is 5.77. The zero-order valence-corrected chi connectivity index (χ0v) is 10.9. The van der Waals surface area contributed by atoms with Gasteiger partial charge in [-0.05, 0) is 37.7 Å². The van der Waals surface area contributed by atoms with Gasteiger partial charge >= 0.3 is 0 Å². The maximum atomic E-state index is 5.90. The topological polar surface area (TPSA) is 38.3 Å². The van der Waals surface area contributed by atoms with Crippen molar-refractivity contribution in [3.63, 3.8) is 0 Å². The molecule has 2 aromatic heterocycles. The van der Waals surface area contributed by atoms with Gasteiger partial charge in [0.2, 0.25) is 0 Å². The molecular formula is C16H17NO2. The van der Waals surface area contributed by atoms with Crippen LogP contribution in [0.1, 0.15) is 24.0 Å². The van der Waals surface area contributed by atoms with Crippen LogP contribution in [-0.2, 0) is 6.42 Å². The van der Waals surface area contributed by atoms with Gasteiger partial charge in [0.1, 0.15) is 17.1 Å². The second-order valence-electron chi connectivity index (χ2n) is 4.65. The normalized spacial score (nSPS) is 12.9. The van der Waals surface area contributed by atoms with E-state index in [1.807, 2.05) is 37.4 Å². The molecule has 0 saturated heterocycles. The molecule has 3 aromatic rings. The Balaban J connectivity index is 1.77. The number of rotatable bonds is 5. The predicted octanol–water partition coefficient (Wildman–Crippen LogP) is 3.92. The van der Waals surface area contributed by atoms with Gasteiger partial charge in [-0.25, -0.2) is 0 Å². The molecule has 0 fully saturated rings.